The van der Waals surface area contributed by atoms with Crippen molar-refractivity contribution < 1.29 is 18.4 Å². The molecule has 6 heteroatoms. The van der Waals surface area contributed by atoms with Gasteiger partial charge in [0.25, 0.3) is 11.8 Å². The highest BCUT2D eigenvalue weighted by atomic mass is 19.1. The zero-order valence-corrected chi connectivity index (χ0v) is 14.9. The number of halogens is 2. The summed E-state index contributed by atoms with van der Waals surface area (Å²) in [4.78, 5) is 24.4. The van der Waals surface area contributed by atoms with E-state index >= 15 is 0 Å². The van der Waals surface area contributed by atoms with Gasteiger partial charge in [0.1, 0.15) is 11.6 Å². The lowest BCUT2D eigenvalue weighted by Crippen LogP contribution is -2.25. The van der Waals surface area contributed by atoms with Crippen LogP contribution in [0.25, 0.3) is 0 Å². The second-order valence-electron chi connectivity index (χ2n) is 6.15. The van der Waals surface area contributed by atoms with Crippen molar-refractivity contribution in [3.8, 4) is 0 Å². The molecular weight excluding hydrogens is 362 g/mol. The minimum Gasteiger partial charge on any atom is -0.352 e. The number of hydrogen-bond donors (Lipinski definition) is 2. The Morgan fingerprint density at radius 2 is 1.43 bits per heavy atom. The molecule has 28 heavy (non-hydrogen) atoms. The fraction of sp³-hybridized carbons (Fsp3) is 0.0909. The van der Waals surface area contributed by atoms with Crippen molar-refractivity contribution >= 4 is 17.5 Å². The van der Waals surface area contributed by atoms with Gasteiger partial charge < -0.3 is 10.6 Å². The first kappa shape index (κ1) is 19.2. The summed E-state index contributed by atoms with van der Waals surface area (Å²) in [7, 11) is 0. The molecule has 0 unspecified atom stereocenters. The molecule has 3 rings (SSSR count). The topological polar surface area (TPSA) is 58.2 Å². The Bertz CT molecular complexity index is 974. The van der Waals surface area contributed by atoms with Crippen LogP contribution in [-0.4, -0.2) is 18.4 Å². The first-order valence-corrected chi connectivity index (χ1v) is 8.71. The van der Waals surface area contributed by atoms with Gasteiger partial charge in [0.2, 0.25) is 0 Å². The van der Waals surface area contributed by atoms with E-state index in [0.717, 1.165) is 24.1 Å². The van der Waals surface area contributed by atoms with Crippen LogP contribution in [0.4, 0.5) is 14.5 Å². The van der Waals surface area contributed by atoms with Gasteiger partial charge in [-0.15, -0.1) is 0 Å². The van der Waals surface area contributed by atoms with Crippen LogP contribution in [0.1, 0.15) is 26.3 Å². The summed E-state index contributed by atoms with van der Waals surface area (Å²) in [5, 5.41) is 5.20. The maximum absolute atomic E-state index is 13.6. The van der Waals surface area contributed by atoms with Crippen LogP contribution >= 0.6 is 0 Å². The van der Waals surface area contributed by atoms with Gasteiger partial charge in [-0.1, -0.05) is 30.3 Å². The molecular formula is C22H18F2N2O2. The third-order valence-electron chi connectivity index (χ3n) is 4.13. The molecule has 3 aromatic carbocycles. The van der Waals surface area contributed by atoms with E-state index in [1.54, 1.807) is 0 Å². The van der Waals surface area contributed by atoms with Gasteiger partial charge in [-0.3, -0.25) is 9.59 Å². The average molecular weight is 380 g/mol. The first-order chi connectivity index (χ1) is 13.5. The average Bonchev–Trinajstić information content (AvgIpc) is 2.71. The molecule has 0 fully saturated rings. The molecule has 0 aliphatic carbocycles. The maximum Gasteiger partial charge on any atom is 0.255 e. The molecule has 0 saturated heterocycles. The number of nitrogens with one attached hydrogen (secondary N) is 2. The lowest BCUT2D eigenvalue weighted by molar-refractivity contribution is 0.0952. The fourth-order valence-corrected chi connectivity index (χ4v) is 2.63. The van der Waals surface area contributed by atoms with Gasteiger partial charge in [-0.2, -0.15) is 0 Å². The molecule has 0 saturated carbocycles. The van der Waals surface area contributed by atoms with Crippen LogP contribution in [0.15, 0.2) is 72.8 Å². The molecule has 142 valence electrons. The Hall–Kier alpha value is -3.54. The zero-order chi connectivity index (χ0) is 19.9. The third-order valence-corrected chi connectivity index (χ3v) is 4.13. The lowest BCUT2D eigenvalue weighted by Gasteiger charge is -2.08. The number of carbonyl (C=O) groups is 2. The smallest absolute Gasteiger partial charge is 0.255 e. The van der Waals surface area contributed by atoms with Gasteiger partial charge in [0.05, 0.1) is 5.69 Å². The van der Waals surface area contributed by atoms with Crippen molar-refractivity contribution in [2.45, 2.75) is 6.42 Å². The minimum atomic E-state index is -0.859. The normalized spacial score (nSPS) is 10.4. The fourth-order valence-electron chi connectivity index (χ4n) is 2.63. The number of hydrogen-bond acceptors (Lipinski definition) is 2. The van der Waals surface area contributed by atoms with Crippen molar-refractivity contribution in [1.29, 1.82) is 0 Å². The van der Waals surface area contributed by atoms with Gasteiger partial charge in [0, 0.05) is 23.7 Å². The molecule has 3 aromatic rings. The van der Waals surface area contributed by atoms with E-state index in [1.807, 2.05) is 30.3 Å². The van der Waals surface area contributed by atoms with Crippen LogP contribution in [0.5, 0.6) is 0 Å². The van der Waals surface area contributed by atoms with Crippen molar-refractivity contribution in [2.75, 3.05) is 11.9 Å². The van der Waals surface area contributed by atoms with Crippen LogP contribution < -0.4 is 10.6 Å². The minimum absolute atomic E-state index is 0.117. The predicted octanol–water partition coefficient (Wildman–Crippen LogP) is 4.19. The van der Waals surface area contributed by atoms with Crippen molar-refractivity contribution in [2.24, 2.45) is 0 Å². The van der Waals surface area contributed by atoms with Crippen molar-refractivity contribution in [3.63, 3.8) is 0 Å². The van der Waals surface area contributed by atoms with Crippen molar-refractivity contribution in [3.05, 3.63) is 101 Å². The molecule has 0 aliphatic heterocycles. The van der Waals surface area contributed by atoms with Crippen molar-refractivity contribution in [1.82, 2.24) is 5.32 Å². The second kappa shape index (κ2) is 8.90. The highest BCUT2D eigenvalue weighted by Crippen LogP contribution is 2.16. The van der Waals surface area contributed by atoms with Crippen LogP contribution in [-0.2, 0) is 6.42 Å². The summed E-state index contributed by atoms with van der Waals surface area (Å²) in [6.07, 6.45) is 0.719. The Morgan fingerprint density at radius 3 is 2.07 bits per heavy atom. The highest BCUT2D eigenvalue weighted by Gasteiger charge is 2.11. The number of rotatable bonds is 6. The second-order valence-corrected chi connectivity index (χ2v) is 6.15. The molecule has 0 aromatic heterocycles. The van der Waals surface area contributed by atoms with E-state index in [2.05, 4.69) is 10.6 Å². The lowest BCUT2D eigenvalue weighted by atomic mass is 10.1. The molecule has 0 atom stereocenters. The van der Waals surface area contributed by atoms with Gasteiger partial charge >= 0.3 is 0 Å². The summed E-state index contributed by atoms with van der Waals surface area (Å²) in [6.45, 7) is 0.495. The van der Waals surface area contributed by atoms with Gasteiger partial charge in [-0.25, -0.2) is 8.78 Å². The molecule has 2 amide bonds. The van der Waals surface area contributed by atoms with E-state index in [1.165, 1.54) is 24.3 Å². The monoisotopic (exact) mass is 380 g/mol. The molecule has 0 aliphatic rings. The molecule has 4 nitrogen and oxygen atoms in total. The van der Waals surface area contributed by atoms with Crippen LogP contribution in [0, 0.1) is 11.6 Å². The Morgan fingerprint density at radius 1 is 0.786 bits per heavy atom. The van der Waals surface area contributed by atoms with E-state index in [-0.39, 0.29) is 17.2 Å². The number of benzene rings is 3. The Labute approximate surface area is 161 Å². The van der Waals surface area contributed by atoms with Gasteiger partial charge in [0.15, 0.2) is 0 Å². The number of anilines is 1. The summed E-state index contributed by atoms with van der Waals surface area (Å²) in [5.74, 6) is -2.38. The molecule has 0 heterocycles. The SMILES string of the molecule is O=C(NCCc1ccccc1)c1ccc(C(=O)Nc2ccc(F)cc2F)cc1. The quantitative estimate of drug-likeness (QED) is 0.674. The zero-order valence-electron chi connectivity index (χ0n) is 14.9. The summed E-state index contributed by atoms with van der Waals surface area (Å²) in [6, 6.07) is 18.7. The van der Waals surface area contributed by atoms with E-state index < -0.39 is 17.5 Å². The molecule has 0 radical (unpaired) electrons. The predicted molar refractivity (Wildman–Crippen MR) is 103 cm³/mol. The number of carbonyl (C=O) groups excluding carboxylic acids is 2. The summed E-state index contributed by atoms with van der Waals surface area (Å²) in [5.41, 5.74) is 1.68. The van der Waals surface area contributed by atoms with Crippen LogP contribution in [0.2, 0.25) is 0 Å². The number of amides is 2. The van der Waals surface area contributed by atoms with E-state index in [4.69, 9.17) is 0 Å². The van der Waals surface area contributed by atoms with Gasteiger partial charge in [-0.05, 0) is 48.4 Å². The molecule has 0 bridgehead atoms. The summed E-state index contributed by atoms with van der Waals surface area (Å²) >= 11 is 0. The Kier molecular flexibility index (Phi) is 6.11. The third kappa shape index (κ3) is 5.01. The Balaban J connectivity index is 1.56. The maximum atomic E-state index is 13.6. The van der Waals surface area contributed by atoms with E-state index in [0.29, 0.717) is 18.2 Å². The first-order valence-electron chi connectivity index (χ1n) is 8.71. The van der Waals surface area contributed by atoms with Crippen LogP contribution in [0.3, 0.4) is 0 Å². The summed E-state index contributed by atoms with van der Waals surface area (Å²) < 4.78 is 26.6. The highest BCUT2D eigenvalue weighted by molar-refractivity contribution is 6.05. The largest absolute Gasteiger partial charge is 0.352 e. The molecule has 0 spiro atoms. The van der Waals surface area contributed by atoms with E-state index in [9.17, 15) is 18.4 Å². The standard InChI is InChI=1S/C22H18F2N2O2/c23-18-10-11-20(19(24)14-18)26-22(28)17-8-6-16(7-9-17)21(27)25-13-12-15-4-2-1-3-5-15/h1-11,14H,12-13H2,(H,25,27)(H,26,28). The molecule has 2 N–H and O–H groups in total.